The predicted molar refractivity (Wildman–Crippen MR) is 54.3 cm³/mol. The van der Waals surface area contributed by atoms with Gasteiger partial charge in [-0.2, -0.15) is 0 Å². The van der Waals surface area contributed by atoms with E-state index in [0.717, 1.165) is 11.8 Å². The van der Waals surface area contributed by atoms with Crippen molar-refractivity contribution in [2.24, 2.45) is 23.2 Å². The van der Waals surface area contributed by atoms with Gasteiger partial charge < -0.3 is 5.11 Å². The first-order valence-electron chi connectivity index (χ1n) is 5.40. The molecule has 1 N–H and O–H groups in total. The Labute approximate surface area is 80.8 Å². The van der Waals surface area contributed by atoms with Crippen molar-refractivity contribution in [2.75, 3.05) is 6.61 Å². The minimum atomic E-state index is 0.234. The lowest BCUT2D eigenvalue weighted by Crippen LogP contribution is -2.35. The molecule has 0 aromatic rings. The smallest absolute Gasteiger partial charge is 0.0465 e. The van der Waals surface area contributed by atoms with Crippen LogP contribution in [0.2, 0.25) is 0 Å². The molecule has 13 heavy (non-hydrogen) atoms. The van der Waals surface area contributed by atoms with Gasteiger partial charge in [-0.3, -0.25) is 0 Å². The van der Waals surface area contributed by atoms with Crippen molar-refractivity contribution < 1.29 is 5.11 Å². The fraction of sp³-hybridized carbons (Fsp3) is 0.833. The van der Waals surface area contributed by atoms with Crippen molar-refractivity contribution in [3.05, 3.63) is 12.2 Å². The van der Waals surface area contributed by atoms with Crippen molar-refractivity contribution in [3.8, 4) is 0 Å². The topological polar surface area (TPSA) is 20.2 Å². The van der Waals surface area contributed by atoms with Crippen molar-refractivity contribution >= 4 is 0 Å². The van der Waals surface area contributed by atoms with Crippen LogP contribution in [0.1, 0.15) is 33.1 Å². The Balaban J connectivity index is 2.27. The highest BCUT2D eigenvalue weighted by molar-refractivity contribution is 5.25. The summed E-state index contributed by atoms with van der Waals surface area (Å²) in [6, 6.07) is 0. The monoisotopic (exact) mass is 180 g/mol. The number of aliphatic hydroxyl groups excluding tert-OH is 1. The lowest BCUT2D eigenvalue weighted by molar-refractivity contribution is 0.1000. The third-order valence-corrected chi connectivity index (χ3v) is 4.76. The third kappa shape index (κ3) is 1.03. The Bertz CT molecular complexity index is 233. The lowest BCUT2D eigenvalue weighted by Gasteiger charge is -2.40. The Hall–Kier alpha value is -0.300. The molecule has 0 aliphatic heterocycles. The minimum Gasteiger partial charge on any atom is -0.396 e. The molecule has 0 amide bonds. The number of fused-ring (bicyclic) bond motifs is 2. The molecule has 2 rings (SSSR count). The zero-order chi connectivity index (χ0) is 9.64. The van der Waals surface area contributed by atoms with E-state index in [2.05, 4.69) is 20.4 Å². The summed E-state index contributed by atoms with van der Waals surface area (Å²) >= 11 is 0. The first kappa shape index (κ1) is 9.26. The van der Waals surface area contributed by atoms with Crippen LogP contribution in [-0.4, -0.2) is 11.7 Å². The van der Waals surface area contributed by atoms with Crippen LogP contribution >= 0.6 is 0 Å². The molecule has 0 saturated heterocycles. The zero-order valence-corrected chi connectivity index (χ0v) is 8.71. The first-order chi connectivity index (χ1) is 6.10. The average molecular weight is 180 g/mol. The van der Waals surface area contributed by atoms with Crippen molar-refractivity contribution in [2.45, 2.75) is 33.1 Å². The second kappa shape index (κ2) is 2.84. The number of allylic oxidation sites excluding steroid dienone is 1. The van der Waals surface area contributed by atoms with Gasteiger partial charge in [-0.15, -0.1) is 0 Å². The van der Waals surface area contributed by atoms with Crippen LogP contribution in [0.25, 0.3) is 0 Å². The van der Waals surface area contributed by atoms with Crippen molar-refractivity contribution in [1.29, 1.82) is 0 Å². The highest BCUT2D eigenvalue weighted by atomic mass is 16.3. The van der Waals surface area contributed by atoms with Gasteiger partial charge in [0.25, 0.3) is 0 Å². The summed E-state index contributed by atoms with van der Waals surface area (Å²) in [6.45, 7) is 9.02. The summed E-state index contributed by atoms with van der Waals surface area (Å²) in [6.07, 6.45) is 4.03. The van der Waals surface area contributed by atoms with E-state index >= 15 is 0 Å². The van der Waals surface area contributed by atoms with Gasteiger partial charge in [0.1, 0.15) is 0 Å². The van der Waals surface area contributed by atoms with Crippen LogP contribution in [-0.2, 0) is 0 Å². The van der Waals surface area contributed by atoms with Gasteiger partial charge >= 0.3 is 0 Å². The molecular weight excluding hydrogens is 160 g/mol. The van der Waals surface area contributed by atoms with E-state index in [1.807, 2.05) is 0 Å². The molecule has 2 saturated carbocycles. The highest BCUT2D eigenvalue weighted by Gasteiger charge is 2.52. The van der Waals surface area contributed by atoms with Crippen LogP contribution in [0.3, 0.4) is 0 Å². The standard InChI is InChI=1S/C12H20O/c1-8(7-13)12(3)9(2)10-4-5-11(12)6-10/h8,10-11,13H,2,4-7H2,1,3H3. The Kier molecular flexibility index (Phi) is 2.03. The SMILES string of the molecule is C=C1C2CCC(C2)C1(C)C(C)CO. The summed E-state index contributed by atoms with van der Waals surface area (Å²) in [5.74, 6) is 1.95. The second-order valence-corrected chi connectivity index (χ2v) is 5.10. The van der Waals surface area contributed by atoms with E-state index in [1.165, 1.54) is 24.8 Å². The highest BCUT2D eigenvalue weighted by Crippen LogP contribution is 2.61. The normalized spacial score (nSPS) is 45.6. The third-order valence-electron chi connectivity index (χ3n) is 4.76. The molecule has 0 spiro atoms. The van der Waals surface area contributed by atoms with Crippen LogP contribution in [0.15, 0.2) is 12.2 Å². The van der Waals surface area contributed by atoms with E-state index < -0.39 is 0 Å². The largest absolute Gasteiger partial charge is 0.396 e. The van der Waals surface area contributed by atoms with Gasteiger partial charge in [-0.05, 0) is 42.4 Å². The van der Waals surface area contributed by atoms with Crippen LogP contribution in [0.5, 0.6) is 0 Å². The quantitative estimate of drug-likeness (QED) is 0.648. The molecule has 1 nitrogen and oxygen atoms in total. The summed E-state index contributed by atoms with van der Waals surface area (Å²) in [5, 5.41) is 9.27. The Morgan fingerprint density at radius 2 is 2.31 bits per heavy atom. The molecule has 2 fully saturated rings. The molecule has 2 aliphatic rings. The summed E-state index contributed by atoms with van der Waals surface area (Å²) in [4.78, 5) is 0. The van der Waals surface area contributed by atoms with Crippen molar-refractivity contribution in [3.63, 3.8) is 0 Å². The molecule has 1 heteroatoms. The fourth-order valence-electron chi connectivity index (χ4n) is 3.45. The molecule has 2 aliphatic carbocycles. The molecule has 4 atom stereocenters. The van der Waals surface area contributed by atoms with Crippen LogP contribution < -0.4 is 0 Å². The molecule has 74 valence electrons. The summed E-state index contributed by atoms with van der Waals surface area (Å²) in [7, 11) is 0. The maximum absolute atomic E-state index is 9.27. The predicted octanol–water partition coefficient (Wildman–Crippen LogP) is 2.61. The van der Waals surface area contributed by atoms with E-state index in [9.17, 15) is 5.11 Å². The maximum Gasteiger partial charge on any atom is 0.0465 e. The zero-order valence-electron chi connectivity index (χ0n) is 8.71. The number of rotatable bonds is 2. The summed E-state index contributed by atoms with van der Waals surface area (Å²) in [5.41, 5.74) is 1.66. The summed E-state index contributed by atoms with van der Waals surface area (Å²) < 4.78 is 0. The molecule has 0 aromatic heterocycles. The Morgan fingerprint density at radius 1 is 1.62 bits per heavy atom. The van der Waals surface area contributed by atoms with Gasteiger partial charge in [-0.1, -0.05) is 26.0 Å². The van der Waals surface area contributed by atoms with E-state index in [-0.39, 0.29) is 5.41 Å². The number of hydrogen-bond acceptors (Lipinski definition) is 1. The van der Waals surface area contributed by atoms with Gasteiger partial charge in [-0.25, -0.2) is 0 Å². The molecule has 2 bridgehead atoms. The fourth-order valence-corrected chi connectivity index (χ4v) is 3.45. The maximum atomic E-state index is 9.27. The van der Waals surface area contributed by atoms with Gasteiger partial charge in [0.2, 0.25) is 0 Å². The van der Waals surface area contributed by atoms with Gasteiger partial charge in [0.15, 0.2) is 0 Å². The average Bonchev–Trinajstić information content (AvgIpc) is 2.69. The first-order valence-corrected chi connectivity index (χ1v) is 5.40. The van der Waals surface area contributed by atoms with Gasteiger partial charge in [0, 0.05) is 6.61 Å². The molecule has 0 radical (unpaired) electrons. The molecule has 0 heterocycles. The lowest BCUT2D eigenvalue weighted by atomic mass is 9.65. The second-order valence-electron chi connectivity index (χ2n) is 5.10. The van der Waals surface area contributed by atoms with E-state index in [4.69, 9.17) is 0 Å². The Morgan fingerprint density at radius 3 is 2.77 bits per heavy atom. The molecular formula is C12H20O. The van der Waals surface area contributed by atoms with E-state index in [0.29, 0.717) is 12.5 Å². The molecule has 4 unspecified atom stereocenters. The van der Waals surface area contributed by atoms with Crippen molar-refractivity contribution in [1.82, 2.24) is 0 Å². The van der Waals surface area contributed by atoms with Crippen LogP contribution in [0, 0.1) is 23.2 Å². The number of aliphatic hydroxyl groups is 1. The minimum absolute atomic E-state index is 0.234. The van der Waals surface area contributed by atoms with E-state index in [1.54, 1.807) is 0 Å². The number of hydrogen-bond donors (Lipinski definition) is 1. The van der Waals surface area contributed by atoms with Crippen LogP contribution in [0.4, 0.5) is 0 Å². The van der Waals surface area contributed by atoms with Gasteiger partial charge in [0.05, 0.1) is 0 Å². The molecule has 0 aromatic carbocycles.